The maximum absolute atomic E-state index is 11.2. The van der Waals surface area contributed by atoms with E-state index in [1.807, 2.05) is 0 Å². The van der Waals surface area contributed by atoms with E-state index in [2.05, 4.69) is 11.2 Å². The van der Waals surface area contributed by atoms with Gasteiger partial charge in [0.25, 0.3) is 0 Å². The summed E-state index contributed by atoms with van der Waals surface area (Å²) < 4.78 is 0. The lowest BCUT2D eigenvalue weighted by Crippen LogP contribution is -2.25. The van der Waals surface area contributed by atoms with Crippen LogP contribution in [0.5, 0.6) is 0 Å². The summed E-state index contributed by atoms with van der Waals surface area (Å²) in [4.78, 5) is 11.2. The van der Waals surface area contributed by atoms with Crippen LogP contribution in [0.3, 0.4) is 0 Å². The summed E-state index contributed by atoms with van der Waals surface area (Å²) in [5.41, 5.74) is 0. The minimum Gasteiger partial charge on any atom is -0.396 e. The maximum Gasteiger partial charge on any atom is 0.220 e. The van der Waals surface area contributed by atoms with Crippen LogP contribution < -0.4 is 5.32 Å². The number of rotatable bonds is 9. The minimum atomic E-state index is 0.0769. The zero-order valence-corrected chi connectivity index (χ0v) is 9.81. The van der Waals surface area contributed by atoms with Crippen molar-refractivity contribution < 1.29 is 9.90 Å². The van der Waals surface area contributed by atoms with Crippen molar-refractivity contribution in [2.24, 2.45) is 0 Å². The molecule has 0 atom stereocenters. The van der Waals surface area contributed by atoms with Crippen molar-refractivity contribution in [2.75, 3.05) is 24.7 Å². The molecule has 0 aromatic rings. The summed E-state index contributed by atoms with van der Waals surface area (Å²) >= 11 is 1.74. The highest BCUT2D eigenvalue weighted by molar-refractivity contribution is 7.99. The molecule has 0 rings (SSSR count). The summed E-state index contributed by atoms with van der Waals surface area (Å²) in [7, 11) is 0. The monoisotopic (exact) mass is 229 g/mol. The van der Waals surface area contributed by atoms with Crippen LogP contribution in [0.2, 0.25) is 0 Å². The summed E-state index contributed by atoms with van der Waals surface area (Å²) in [5.74, 6) is 4.43. The van der Waals surface area contributed by atoms with Gasteiger partial charge in [0.1, 0.15) is 0 Å². The van der Waals surface area contributed by atoms with Crippen LogP contribution in [0.4, 0.5) is 0 Å². The Bertz CT molecular complexity index is 201. The molecule has 1 amide bonds. The summed E-state index contributed by atoms with van der Waals surface area (Å²) in [6.45, 7) is 0.941. The number of aliphatic hydroxyl groups is 1. The first-order valence-corrected chi connectivity index (χ1v) is 6.35. The van der Waals surface area contributed by atoms with E-state index >= 15 is 0 Å². The van der Waals surface area contributed by atoms with Gasteiger partial charge in [-0.2, -0.15) is 11.8 Å². The lowest BCUT2D eigenvalue weighted by atomic mass is 10.2. The number of carbonyl (C=O) groups excluding carboxylic acids is 1. The van der Waals surface area contributed by atoms with Gasteiger partial charge in [0.15, 0.2) is 0 Å². The van der Waals surface area contributed by atoms with Crippen LogP contribution in [0.1, 0.15) is 25.7 Å². The molecule has 0 spiro atoms. The predicted molar refractivity (Wildman–Crippen MR) is 64.7 cm³/mol. The normalized spacial score (nSPS) is 9.60. The molecule has 0 saturated carbocycles. The van der Waals surface area contributed by atoms with Gasteiger partial charge < -0.3 is 10.4 Å². The topological polar surface area (TPSA) is 49.3 Å². The number of hydrogen-bond donors (Lipinski definition) is 2. The van der Waals surface area contributed by atoms with Crippen LogP contribution in [0.15, 0.2) is 0 Å². The Morgan fingerprint density at radius 2 is 2.20 bits per heavy atom. The van der Waals surface area contributed by atoms with Crippen molar-refractivity contribution >= 4 is 17.7 Å². The van der Waals surface area contributed by atoms with Gasteiger partial charge in [0.05, 0.1) is 0 Å². The molecule has 0 radical (unpaired) electrons. The van der Waals surface area contributed by atoms with Gasteiger partial charge in [-0.05, 0) is 18.6 Å². The highest BCUT2D eigenvalue weighted by atomic mass is 32.2. The molecule has 0 aromatic heterocycles. The molecular weight excluding hydrogens is 210 g/mol. The molecule has 86 valence electrons. The second-order valence-electron chi connectivity index (χ2n) is 3.10. The number of amides is 1. The van der Waals surface area contributed by atoms with Crippen LogP contribution in [0, 0.1) is 12.3 Å². The molecule has 0 unspecified atom stereocenters. The van der Waals surface area contributed by atoms with Crippen LogP contribution in [-0.4, -0.2) is 35.7 Å². The molecule has 0 saturated heterocycles. The Morgan fingerprint density at radius 1 is 1.40 bits per heavy atom. The van der Waals surface area contributed by atoms with E-state index in [-0.39, 0.29) is 12.5 Å². The fourth-order valence-electron chi connectivity index (χ4n) is 0.971. The van der Waals surface area contributed by atoms with Crippen molar-refractivity contribution in [1.29, 1.82) is 0 Å². The molecule has 0 fully saturated rings. The number of aliphatic hydroxyl groups excluding tert-OH is 1. The molecule has 4 heteroatoms. The van der Waals surface area contributed by atoms with E-state index in [0.29, 0.717) is 19.4 Å². The molecule has 2 N–H and O–H groups in total. The van der Waals surface area contributed by atoms with Gasteiger partial charge in [0, 0.05) is 31.7 Å². The smallest absolute Gasteiger partial charge is 0.220 e. The highest BCUT2D eigenvalue weighted by Gasteiger charge is 1.98. The molecule has 0 bridgehead atoms. The van der Waals surface area contributed by atoms with Crippen LogP contribution in [0.25, 0.3) is 0 Å². The third-order valence-electron chi connectivity index (χ3n) is 1.74. The Balaban J connectivity index is 3.14. The fraction of sp³-hybridized carbons (Fsp3) is 0.727. The van der Waals surface area contributed by atoms with E-state index in [9.17, 15) is 4.79 Å². The third-order valence-corrected chi connectivity index (χ3v) is 2.81. The molecule has 0 aromatic carbocycles. The van der Waals surface area contributed by atoms with E-state index in [1.165, 1.54) is 0 Å². The van der Waals surface area contributed by atoms with E-state index in [0.717, 1.165) is 24.3 Å². The Kier molecular flexibility index (Phi) is 10.9. The molecule has 15 heavy (non-hydrogen) atoms. The van der Waals surface area contributed by atoms with Crippen LogP contribution >= 0.6 is 11.8 Å². The van der Waals surface area contributed by atoms with E-state index < -0.39 is 0 Å². The average molecular weight is 229 g/mol. The van der Waals surface area contributed by atoms with Crippen molar-refractivity contribution in [2.45, 2.75) is 25.7 Å². The molecule has 0 aliphatic carbocycles. The zero-order valence-electron chi connectivity index (χ0n) is 9.00. The van der Waals surface area contributed by atoms with Crippen LogP contribution in [-0.2, 0) is 4.79 Å². The van der Waals surface area contributed by atoms with Crippen molar-refractivity contribution in [3.05, 3.63) is 0 Å². The van der Waals surface area contributed by atoms with Gasteiger partial charge >= 0.3 is 0 Å². The SMILES string of the molecule is C#CCCCC(=O)NCCSCCCO. The lowest BCUT2D eigenvalue weighted by molar-refractivity contribution is -0.121. The van der Waals surface area contributed by atoms with Crippen molar-refractivity contribution in [3.8, 4) is 12.3 Å². The van der Waals surface area contributed by atoms with E-state index in [1.54, 1.807) is 11.8 Å². The predicted octanol–water partition coefficient (Wildman–Crippen LogP) is 1.02. The Hall–Kier alpha value is -0.660. The standard InChI is InChI=1S/C11H19NO2S/c1-2-3-4-6-11(14)12-7-10-15-9-5-8-13/h1,13H,3-10H2,(H,12,14). The number of hydrogen-bond acceptors (Lipinski definition) is 3. The first-order chi connectivity index (χ1) is 7.31. The number of unbranched alkanes of at least 4 members (excludes halogenated alkanes) is 1. The molecule has 0 heterocycles. The fourth-order valence-corrected chi connectivity index (χ4v) is 1.75. The molecule has 0 aliphatic rings. The number of terminal acetylenes is 1. The van der Waals surface area contributed by atoms with Gasteiger partial charge in [-0.15, -0.1) is 12.3 Å². The van der Waals surface area contributed by atoms with Gasteiger partial charge in [-0.1, -0.05) is 0 Å². The number of nitrogens with one attached hydrogen (secondary N) is 1. The quantitative estimate of drug-likeness (QED) is 0.458. The Morgan fingerprint density at radius 3 is 2.87 bits per heavy atom. The minimum absolute atomic E-state index is 0.0769. The average Bonchev–Trinajstić information content (AvgIpc) is 2.23. The second kappa shape index (κ2) is 11.4. The molecule has 0 aliphatic heterocycles. The third kappa shape index (κ3) is 11.3. The zero-order chi connectivity index (χ0) is 11.4. The number of thioether (sulfide) groups is 1. The highest BCUT2D eigenvalue weighted by Crippen LogP contribution is 2.00. The summed E-state index contributed by atoms with van der Waals surface area (Å²) in [5, 5.41) is 11.4. The summed E-state index contributed by atoms with van der Waals surface area (Å²) in [6.07, 6.45) is 7.85. The largest absolute Gasteiger partial charge is 0.396 e. The Labute approximate surface area is 96.0 Å². The maximum atomic E-state index is 11.2. The van der Waals surface area contributed by atoms with Gasteiger partial charge in [-0.3, -0.25) is 4.79 Å². The van der Waals surface area contributed by atoms with Crippen molar-refractivity contribution in [3.63, 3.8) is 0 Å². The van der Waals surface area contributed by atoms with Gasteiger partial charge in [-0.25, -0.2) is 0 Å². The molecular formula is C11H19NO2S. The van der Waals surface area contributed by atoms with Gasteiger partial charge in [0.2, 0.25) is 5.91 Å². The first-order valence-electron chi connectivity index (χ1n) is 5.20. The lowest BCUT2D eigenvalue weighted by Gasteiger charge is -2.03. The second-order valence-corrected chi connectivity index (χ2v) is 4.32. The van der Waals surface area contributed by atoms with Crippen molar-refractivity contribution in [1.82, 2.24) is 5.32 Å². The first kappa shape index (κ1) is 14.3. The molecule has 3 nitrogen and oxygen atoms in total. The van der Waals surface area contributed by atoms with E-state index in [4.69, 9.17) is 11.5 Å². The summed E-state index contributed by atoms with van der Waals surface area (Å²) in [6, 6.07) is 0. The number of carbonyl (C=O) groups is 1.